The zero-order valence-electron chi connectivity index (χ0n) is 19.4. The zero-order valence-corrected chi connectivity index (χ0v) is 19.4. The van der Waals surface area contributed by atoms with E-state index >= 15 is 0 Å². The molecular formula is C25H41F3O3. The zero-order chi connectivity index (χ0) is 22.9. The van der Waals surface area contributed by atoms with E-state index in [2.05, 4.69) is 6.58 Å². The number of hydrogen-bond acceptors (Lipinski definition) is 3. The van der Waals surface area contributed by atoms with Gasteiger partial charge < -0.3 is 9.47 Å². The van der Waals surface area contributed by atoms with Crippen molar-refractivity contribution in [2.75, 3.05) is 20.3 Å². The molecule has 1 atom stereocenters. The number of halogens is 3. The van der Waals surface area contributed by atoms with E-state index in [4.69, 9.17) is 9.47 Å². The van der Waals surface area contributed by atoms with E-state index in [0.717, 1.165) is 31.1 Å². The predicted octanol–water partition coefficient (Wildman–Crippen LogP) is 7.10. The standard InChI is InChI=1S/C25H41F3O3/c1-18(2)24(29)31-17-23(16-30-3)22-13-11-21(12-14-22)20-9-7-19(8-10-20)6-4-5-15-25(26,27)28/h19-23H,1,4-17H2,2-3H3. The molecule has 0 aromatic heterocycles. The molecule has 31 heavy (non-hydrogen) atoms. The highest BCUT2D eigenvalue weighted by Crippen LogP contribution is 2.44. The Bertz CT molecular complexity index is 545. The van der Waals surface area contributed by atoms with Crippen LogP contribution in [-0.2, 0) is 14.3 Å². The maximum Gasteiger partial charge on any atom is 0.389 e. The van der Waals surface area contributed by atoms with Crippen LogP contribution >= 0.6 is 0 Å². The highest BCUT2D eigenvalue weighted by molar-refractivity contribution is 5.86. The molecule has 0 radical (unpaired) electrons. The van der Waals surface area contributed by atoms with Crippen molar-refractivity contribution >= 4 is 5.97 Å². The first-order valence-electron chi connectivity index (χ1n) is 12.1. The van der Waals surface area contributed by atoms with Gasteiger partial charge in [-0.25, -0.2) is 4.79 Å². The van der Waals surface area contributed by atoms with E-state index in [1.807, 2.05) is 0 Å². The Morgan fingerprint density at radius 1 is 0.968 bits per heavy atom. The van der Waals surface area contributed by atoms with Crippen molar-refractivity contribution in [3.8, 4) is 0 Å². The second-order valence-electron chi connectivity index (χ2n) is 9.91. The van der Waals surface area contributed by atoms with E-state index in [9.17, 15) is 18.0 Å². The minimum Gasteiger partial charge on any atom is -0.462 e. The van der Waals surface area contributed by atoms with Gasteiger partial charge in [0.15, 0.2) is 0 Å². The van der Waals surface area contributed by atoms with Crippen LogP contribution < -0.4 is 0 Å². The van der Waals surface area contributed by atoms with Crippen LogP contribution in [0.3, 0.4) is 0 Å². The Kier molecular flexibility index (Phi) is 10.9. The number of unbranched alkanes of at least 4 members (excludes halogenated alkanes) is 1. The molecule has 0 saturated heterocycles. The minimum atomic E-state index is -4.01. The molecular weight excluding hydrogens is 405 g/mol. The van der Waals surface area contributed by atoms with Crippen molar-refractivity contribution in [2.45, 2.75) is 90.1 Å². The van der Waals surface area contributed by atoms with Gasteiger partial charge in [-0.3, -0.25) is 0 Å². The summed E-state index contributed by atoms with van der Waals surface area (Å²) in [5.74, 6) is 2.60. The number of carbonyl (C=O) groups is 1. The van der Waals surface area contributed by atoms with Gasteiger partial charge in [-0.05, 0) is 75.5 Å². The van der Waals surface area contributed by atoms with Gasteiger partial charge in [-0.2, -0.15) is 13.2 Å². The highest BCUT2D eigenvalue weighted by Gasteiger charge is 2.34. The van der Waals surface area contributed by atoms with Crippen LogP contribution in [0.25, 0.3) is 0 Å². The van der Waals surface area contributed by atoms with Crippen molar-refractivity contribution in [3.63, 3.8) is 0 Å². The normalized spacial score (nSPS) is 28.2. The van der Waals surface area contributed by atoms with Crippen LogP contribution in [0.2, 0.25) is 0 Å². The third-order valence-electron chi connectivity index (χ3n) is 7.52. The Labute approximate surface area is 186 Å². The lowest BCUT2D eigenvalue weighted by Gasteiger charge is -2.39. The van der Waals surface area contributed by atoms with Crippen LogP contribution in [-0.4, -0.2) is 32.5 Å². The van der Waals surface area contributed by atoms with Gasteiger partial charge in [0.25, 0.3) is 0 Å². The van der Waals surface area contributed by atoms with Crippen LogP contribution in [0, 0.1) is 29.6 Å². The lowest BCUT2D eigenvalue weighted by Crippen LogP contribution is -2.32. The molecule has 0 aromatic carbocycles. The second kappa shape index (κ2) is 12.9. The topological polar surface area (TPSA) is 35.5 Å². The minimum absolute atomic E-state index is 0.238. The first-order valence-corrected chi connectivity index (χ1v) is 12.1. The Balaban J connectivity index is 1.67. The van der Waals surface area contributed by atoms with Gasteiger partial charge in [0.2, 0.25) is 0 Å². The van der Waals surface area contributed by atoms with Crippen molar-refractivity contribution in [2.24, 2.45) is 29.6 Å². The quantitative estimate of drug-likeness (QED) is 0.193. The first kappa shape index (κ1) is 26.2. The summed E-state index contributed by atoms with van der Waals surface area (Å²) >= 11 is 0. The summed E-state index contributed by atoms with van der Waals surface area (Å²) in [5.41, 5.74) is 0.427. The number of rotatable bonds is 11. The van der Waals surface area contributed by atoms with Crippen molar-refractivity contribution in [3.05, 3.63) is 12.2 Å². The van der Waals surface area contributed by atoms with Gasteiger partial charge >= 0.3 is 12.1 Å². The average molecular weight is 447 g/mol. The fourth-order valence-electron chi connectivity index (χ4n) is 5.63. The summed E-state index contributed by atoms with van der Waals surface area (Å²) in [7, 11) is 1.70. The summed E-state index contributed by atoms with van der Waals surface area (Å²) < 4.78 is 47.6. The highest BCUT2D eigenvalue weighted by atomic mass is 19.4. The number of methoxy groups -OCH3 is 1. The molecule has 0 aromatic rings. The lowest BCUT2D eigenvalue weighted by atomic mass is 9.67. The molecule has 6 heteroatoms. The van der Waals surface area contributed by atoms with Crippen LogP contribution in [0.1, 0.15) is 84.0 Å². The maximum absolute atomic E-state index is 12.3. The van der Waals surface area contributed by atoms with Gasteiger partial charge in [0, 0.05) is 25.0 Å². The number of alkyl halides is 3. The van der Waals surface area contributed by atoms with E-state index in [0.29, 0.717) is 37.0 Å². The Morgan fingerprint density at radius 2 is 1.55 bits per heavy atom. The fourth-order valence-corrected chi connectivity index (χ4v) is 5.63. The Hall–Kier alpha value is -1.04. The van der Waals surface area contributed by atoms with Crippen LogP contribution in [0.15, 0.2) is 12.2 Å². The molecule has 1 unspecified atom stereocenters. The third-order valence-corrected chi connectivity index (χ3v) is 7.52. The average Bonchev–Trinajstić information content (AvgIpc) is 2.74. The molecule has 3 nitrogen and oxygen atoms in total. The number of ether oxygens (including phenoxy) is 2. The van der Waals surface area contributed by atoms with E-state index in [-0.39, 0.29) is 18.3 Å². The van der Waals surface area contributed by atoms with Crippen molar-refractivity contribution < 1.29 is 27.4 Å². The molecule has 0 N–H and O–H groups in total. The summed E-state index contributed by atoms with van der Waals surface area (Å²) in [6.45, 7) is 6.31. The largest absolute Gasteiger partial charge is 0.462 e. The van der Waals surface area contributed by atoms with Gasteiger partial charge in [0.05, 0.1) is 13.2 Å². The molecule has 2 fully saturated rings. The molecule has 2 saturated carbocycles. The SMILES string of the molecule is C=C(C)C(=O)OCC(COC)C1CCC(C2CCC(CCCCC(F)(F)F)CC2)CC1. The molecule has 0 bridgehead atoms. The molecule has 0 heterocycles. The predicted molar refractivity (Wildman–Crippen MR) is 117 cm³/mol. The molecule has 180 valence electrons. The maximum atomic E-state index is 12.3. The van der Waals surface area contributed by atoms with E-state index < -0.39 is 12.6 Å². The molecule has 0 aliphatic heterocycles. The second-order valence-corrected chi connectivity index (χ2v) is 9.91. The van der Waals surface area contributed by atoms with E-state index in [1.54, 1.807) is 14.0 Å². The number of esters is 1. The Morgan fingerprint density at radius 3 is 2.06 bits per heavy atom. The molecule has 2 aliphatic rings. The number of hydrogen-bond donors (Lipinski definition) is 0. The summed E-state index contributed by atoms with van der Waals surface area (Å²) in [6.07, 6.45) is 6.87. The van der Waals surface area contributed by atoms with E-state index in [1.165, 1.54) is 38.5 Å². The van der Waals surface area contributed by atoms with Crippen molar-refractivity contribution in [1.82, 2.24) is 0 Å². The number of carbonyl (C=O) groups excluding carboxylic acids is 1. The monoisotopic (exact) mass is 446 g/mol. The fraction of sp³-hybridized carbons (Fsp3) is 0.880. The molecule has 2 rings (SSSR count). The smallest absolute Gasteiger partial charge is 0.389 e. The lowest BCUT2D eigenvalue weighted by molar-refractivity contribution is -0.142. The third kappa shape index (κ3) is 9.55. The summed E-state index contributed by atoms with van der Waals surface area (Å²) in [4.78, 5) is 11.7. The van der Waals surface area contributed by atoms with Gasteiger partial charge in [-0.1, -0.05) is 32.3 Å². The van der Waals surface area contributed by atoms with Gasteiger partial charge in [-0.15, -0.1) is 0 Å². The molecule has 0 spiro atoms. The molecule has 0 amide bonds. The summed E-state index contributed by atoms with van der Waals surface area (Å²) in [5, 5.41) is 0. The van der Waals surface area contributed by atoms with Crippen LogP contribution in [0.4, 0.5) is 13.2 Å². The summed E-state index contributed by atoms with van der Waals surface area (Å²) in [6, 6.07) is 0. The van der Waals surface area contributed by atoms with Gasteiger partial charge in [0.1, 0.15) is 0 Å². The molecule has 2 aliphatic carbocycles. The van der Waals surface area contributed by atoms with Crippen molar-refractivity contribution in [1.29, 1.82) is 0 Å². The van der Waals surface area contributed by atoms with Crippen LogP contribution in [0.5, 0.6) is 0 Å². The first-order chi connectivity index (χ1) is 14.7.